The van der Waals surface area contributed by atoms with E-state index >= 15 is 0 Å². The van der Waals surface area contributed by atoms with Crippen LogP contribution in [0.1, 0.15) is 5.56 Å². The molecule has 0 aliphatic heterocycles. The van der Waals surface area contributed by atoms with Gasteiger partial charge in [-0.15, -0.1) is 0 Å². The molecule has 0 aliphatic carbocycles. The molecule has 0 heterocycles. The van der Waals surface area contributed by atoms with Crippen molar-refractivity contribution >= 4 is 31.9 Å². The van der Waals surface area contributed by atoms with Gasteiger partial charge in [-0.3, -0.25) is 0 Å². The normalized spacial score (nSPS) is 13.7. The summed E-state index contributed by atoms with van der Waals surface area (Å²) in [4.78, 5) is 0. The molecule has 0 bridgehead atoms. The molecule has 0 unspecified atom stereocenters. The highest BCUT2D eigenvalue weighted by Crippen LogP contribution is 2.26. The number of halogens is 5. The fraction of sp³-hybridized carbons (Fsp3) is 0.125. The zero-order valence-electron chi connectivity index (χ0n) is 8.20. The zero-order chi connectivity index (χ0) is 14.1. The molecule has 1 aromatic carbocycles. The third kappa shape index (κ3) is 2.99. The van der Waals surface area contributed by atoms with Crippen molar-refractivity contribution in [2.24, 2.45) is 4.40 Å². The first-order chi connectivity index (χ1) is 8.06. The molecule has 0 aromatic heterocycles. The monoisotopic (exact) mass is 348 g/mol. The molecule has 0 radical (unpaired) electrons. The van der Waals surface area contributed by atoms with Crippen molar-refractivity contribution in [1.82, 2.24) is 0 Å². The van der Waals surface area contributed by atoms with Gasteiger partial charge in [0.1, 0.15) is 5.82 Å². The summed E-state index contributed by atoms with van der Waals surface area (Å²) in [5.41, 5.74) is -6.59. The maximum Gasteiger partial charge on any atom is 0.518 e. The Kier molecular flexibility index (Phi) is 4.01. The van der Waals surface area contributed by atoms with Gasteiger partial charge in [0.2, 0.25) is 0 Å². The van der Waals surface area contributed by atoms with Crippen LogP contribution in [0.4, 0.5) is 17.6 Å². The van der Waals surface area contributed by atoms with E-state index in [9.17, 15) is 31.1 Å². The first-order valence-corrected chi connectivity index (χ1v) is 6.32. The van der Waals surface area contributed by atoms with Gasteiger partial charge in [0, 0.05) is 15.9 Å². The van der Waals surface area contributed by atoms with Crippen LogP contribution in [0.15, 0.2) is 27.1 Å². The highest BCUT2D eigenvalue weighted by atomic mass is 79.9. The van der Waals surface area contributed by atoms with E-state index < -0.39 is 32.8 Å². The summed E-state index contributed by atoms with van der Waals surface area (Å²) in [6.07, 6.45) is 0. The molecule has 4 nitrogen and oxygen atoms in total. The third-order valence-electron chi connectivity index (χ3n) is 1.67. The molecule has 1 aromatic rings. The van der Waals surface area contributed by atoms with Crippen molar-refractivity contribution in [2.45, 2.75) is 5.51 Å². The van der Waals surface area contributed by atoms with Crippen LogP contribution in [-0.4, -0.2) is 19.8 Å². The molecule has 0 fully saturated rings. The minimum atomic E-state index is -5.99. The van der Waals surface area contributed by atoms with E-state index in [0.717, 1.165) is 12.1 Å². The summed E-state index contributed by atoms with van der Waals surface area (Å²) in [7, 11) is -5.99. The largest absolute Gasteiger partial charge is 0.858 e. The van der Waals surface area contributed by atoms with Crippen LogP contribution in [0, 0.1) is 5.82 Å². The van der Waals surface area contributed by atoms with Crippen LogP contribution < -0.4 is 5.11 Å². The van der Waals surface area contributed by atoms with E-state index in [0.29, 0.717) is 0 Å². The maximum absolute atomic E-state index is 13.2. The number of hydrogen-bond donors (Lipinski definition) is 0. The molecule has 0 spiro atoms. The van der Waals surface area contributed by atoms with E-state index in [-0.39, 0.29) is 4.47 Å². The summed E-state index contributed by atoms with van der Waals surface area (Å²) in [5, 5.41) is 11.2. The zero-order valence-corrected chi connectivity index (χ0v) is 10.6. The van der Waals surface area contributed by atoms with Crippen molar-refractivity contribution in [2.75, 3.05) is 0 Å². The minimum absolute atomic E-state index is 0.200. The van der Waals surface area contributed by atoms with E-state index in [1.165, 1.54) is 6.07 Å². The summed E-state index contributed by atoms with van der Waals surface area (Å²) >= 11 is 2.71. The second-order valence-corrected chi connectivity index (χ2v) is 5.36. The fourth-order valence-corrected chi connectivity index (χ4v) is 1.83. The fourth-order valence-electron chi connectivity index (χ4n) is 0.909. The Morgan fingerprint density at radius 3 is 2.33 bits per heavy atom. The first kappa shape index (κ1) is 14.9. The lowest BCUT2D eigenvalue weighted by Crippen LogP contribution is -2.28. The molecule has 0 atom stereocenters. The SMILES string of the molecule is O=S(=O)(/N=C(\[O-])c1c(F)cccc1Br)C(F)(F)F. The van der Waals surface area contributed by atoms with E-state index in [1.807, 2.05) is 4.40 Å². The second-order valence-electron chi connectivity index (χ2n) is 2.91. The molecule has 0 N–H and O–H groups in total. The first-order valence-electron chi connectivity index (χ1n) is 4.09. The number of alkyl halides is 3. The summed E-state index contributed by atoms with van der Waals surface area (Å²) < 4.78 is 72.1. The lowest BCUT2D eigenvalue weighted by Gasteiger charge is -2.14. The highest BCUT2D eigenvalue weighted by Gasteiger charge is 2.45. The molecule has 1 rings (SSSR count). The van der Waals surface area contributed by atoms with Crippen LogP contribution in [0.25, 0.3) is 0 Å². The van der Waals surface area contributed by atoms with E-state index in [2.05, 4.69) is 15.9 Å². The summed E-state index contributed by atoms with van der Waals surface area (Å²) in [5.74, 6) is -3.02. The third-order valence-corrected chi connectivity index (χ3v) is 3.32. The molecular weight excluding hydrogens is 346 g/mol. The van der Waals surface area contributed by atoms with Gasteiger partial charge in [-0.2, -0.15) is 26.0 Å². The Hall–Kier alpha value is -1.16. The lowest BCUT2D eigenvalue weighted by molar-refractivity contribution is -0.212. The van der Waals surface area contributed by atoms with Gasteiger partial charge in [0.15, 0.2) is 0 Å². The minimum Gasteiger partial charge on any atom is -0.858 e. The van der Waals surface area contributed by atoms with Crippen LogP contribution >= 0.6 is 15.9 Å². The average molecular weight is 349 g/mol. The summed E-state index contributed by atoms with van der Waals surface area (Å²) in [6.45, 7) is 0. The molecule has 18 heavy (non-hydrogen) atoms. The van der Waals surface area contributed by atoms with Gasteiger partial charge in [-0.05, 0) is 12.1 Å². The molecule has 0 amide bonds. The van der Waals surface area contributed by atoms with Gasteiger partial charge in [0.05, 0.1) is 0 Å². The lowest BCUT2D eigenvalue weighted by atomic mass is 10.2. The summed E-state index contributed by atoms with van der Waals surface area (Å²) in [6, 6.07) is 3.12. The van der Waals surface area contributed by atoms with E-state index in [4.69, 9.17) is 0 Å². The number of benzene rings is 1. The number of nitrogens with zero attached hydrogens (tertiary/aromatic N) is 1. The standard InChI is InChI=1S/C8H4BrF4NO3S/c9-4-2-1-3-5(10)6(4)7(15)14-18(16,17)8(11,12)13/h1-3H,(H,14,15)/p-1. The van der Waals surface area contributed by atoms with Crippen LogP contribution in [0.3, 0.4) is 0 Å². The van der Waals surface area contributed by atoms with Crippen molar-refractivity contribution in [3.8, 4) is 0 Å². The molecule has 0 saturated carbocycles. The highest BCUT2D eigenvalue weighted by molar-refractivity contribution is 9.10. The van der Waals surface area contributed by atoms with Gasteiger partial charge in [-0.1, -0.05) is 22.0 Å². The molecular formula is C8H3BrF4NO3S-. The molecule has 10 heteroatoms. The average Bonchev–Trinajstić information content (AvgIpc) is 2.14. The van der Waals surface area contributed by atoms with Gasteiger partial charge >= 0.3 is 15.5 Å². The Labute approximate surface area is 107 Å². The van der Waals surface area contributed by atoms with Crippen molar-refractivity contribution < 1.29 is 31.1 Å². The second kappa shape index (κ2) is 4.84. The number of rotatable bonds is 2. The molecule has 100 valence electrons. The van der Waals surface area contributed by atoms with Crippen molar-refractivity contribution in [3.05, 3.63) is 34.1 Å². The predicted octanol–water partition coefficient (Wildman–Crippen LogP) is 1.54. The van der Waals surface area contributed by atoms with Crippen LogP contribution in [0.2, 0.25) is 0 Å². The Morgan fingerprint density at radius 1 is 1.33 bits per heavy atom. The van der Waals surface area contributed by atoms with Gasteiger partial charge < -0.3 is 5.11 Å². The number of hydrogen-bond acceptors (Lipinski definition) is 3. The van der Waals surface area contributed by atoms with Gasteiger partial charge in [0.25, 0.3) is 0 Å². The quantitative estimate of drug-likeness (QED) is 0.462. The van der Waals surface area contributed by atoms with E-state index in [1.54, 1.807) is 0 Å². The van der Waals surface area contributed by atoms with Crippen LogP contribution in [-0.2, 0) is 10.0 Å². The number of sulfonamides is 1. The predicted molar refractivity (Wildman–Crippen MR) is 55.6 cm³/mol. The maximum atomic E-state index is 13.2. The molecule has 0 saturated heterocycles. The van der Waals surface area contributed by atoms with Crippen LogP contribution in [0.5, 0.6) is 0 Å². The Morgan fingerprint density at radius 2 is 1.89 bits per heavy atom. The topological polar surface area (TPSA) is 69.6 Å². The Bertz CT molecular complexity index is 577. The van der Waals surface area contributed by atoms with Crippen molar-refractivity contribution in [3.63, 3.8) is 0 Å². The van der Waals surface area contributed by atoms with Crippen molar-refractivity contribution in [1.29, 1.82) is 0 Å². The molecule has 0 aliphatic rings. The Balaban J connectivity index is 3.37. The van der Waals surface area contributed by atoms with Gasteiger partial charge in [-0.25, -0.2) is 4.39 Å². The smallest absolute Gasteiger partial charge is 0.518 e.